The quantitative estimate of drug-likeness (QED) is 0.793. The van der Waals surface area contributed by atoms with Crippen molar-refractivity contribution in [3.63, 3.8) is 0 Å². The van der Waals surface area contributed by atoms with Crippen molar-refractivity contribution < 1.29 is 5.11 Å². The van der Waals surface area contributed by atoms with Gasteiger partial charge in [0.05, 0.1) is 32.0 Å². The van der Waals surface area contributed by atoms with Crippen LogP contribution in [-0.4, -0.2) is 14.9 Å². The van der Waals surface area contributed by atoms with Crippen LogP contribution in [0, 0.1) is 0 Å². The van der Waals surface area contributed by atoms with Gasteiger partial charge in [-0.2, -0.15) is 5.10 Å². The molecule has 0 radical (unpaired) electrons. The van der Waals surface area contributed by atoms with Crippen LogP contribution in [0.2, 0.25) is 10.0 Å². The van der Waals surface area contributed by atoms with Crippen molar-refractivity contribution in [2.75, 3.05) is 0 Å². The molecule has 0 amide bonds. The maximum Gasteiger partial charge on any atom is 0.0860 e. The smallest absolute Gasteiger partial charge is 0.0860 e. The summed E-state index contributed by atoms with van der Waals surface area (Å²) in [6.45, 7) is 4.84. The van der Waals surface area contributed by atoms with E-state index in [0.29, 0.717) is 22.0 Å². The SMILES string of the molecule is CCc1nn(CC)c(CC(O)c2cccc(Cl)c2Cl)c1Br. The lowest BCUT2D eigenvalue weighted by molar-refractivity contribution is 0.175. The molecule has 0 saturated carbocycles. The van der Waals surface area contributed by atoms with E-state index < -0.39 is 6.10 Å². The Morgan fingerprint density at radius 1 is 1.33 bits per heavy atom. The number of nitrogens with zero attached hydrogens (tertiary/aromatic N) is 2. The molecule has 0 aliphatic carbocycles. The lowest BCUT2D eigenvalue weighted by atomic mass is 10.0. The monoisotopic (exact) mass is 390 g/mol. The van der Waals surface area contributed by atoms with Crippen LogP contribution in [-0.2, 0) is 19.4 Å². The highest BCUT2D eigenvalue weighted by atomic mass is 79.9. The fourth-order valence-corrected chi connectivity index (χ4v) is 3.44. The molecule has 3 nitrogen and oxygen atoms in total. The van der Waals surface area contributed by atoms with Crippen molar-refractivity contribution in [3.8, 4) is 0 Å². The molecular formula is C15H17BrCl2N2O. The summed E-state index contributed by atoms with van der Waals surface area (Å²) in [4.78, 5) is 0. The van der Waals surface area contributed by atoms with Crippen molar-refractivity contribution >= 4 is 39.1 Å². The van der Waals surface area contributed by atoms with Gasteiger partial charge in [0.1, 0.15) is 0 Å². The Bertz CT molecular complexity index is 643. The minimum Gasteiger partial charge on any atom is -0.388 e. The lowest BCUT2D eigenvalue weighted by Crippen LogP contribution is -2.09. The standard InChI is InChI=1S/C15H17BrCl2N2O/c1-3-11-14(16)12(20(4-2)19-11)8-13(21)9-6-5-7-10(17)15(9)18/h5-7,13,21H,3-4,8H2,1-2H3. The summed E-state index contributed by atoms with van der Waals surface area (Å²) >= 11 is 15.8. The highest BCUT2D eigenvalue weighted by Gasteiger charge is 2.20. The predicted octanol–water partition coefficient (Wildman–Crippen LogP) is 4.81. The molecular weight excluding hydrogens is 375 g/mol. The van der Waals surface area contributed by atoms with Crippen molar-refractivity contribution in [2.45, 2.75) is 39.3 Å². The molecule has 1 aromatic carbocycles. The highest BCUT2D eigenvalue weighted by molar-refractivity contribution is 9.10. The number of aromatic nitrogens is 2. The Kier molecular flexibility index (Phi) is 5.72. The van der Waals surface area contributed by atoms with Gasteiger partial charge < -0.3 is 5.11 Å². The summed E-state index contributed by atoms with van der Waals surface area (Å²) < 4.78 is 2.87. The van der Waals surface area contributed by atoms with E-state index in [4.69, 9.17) is 23.2 Å². The Balaban J connectivity index is 2.33. The topological polar surface area (TPSA) is 38.0 Å². The molecule has 0 bridgehead atoms. The van der Waals surface area contributed by atoms with E-state index in [1.807, 2.05) is 11.6 Å². The molecule has 2 aromatic rings. The zero-order valence-electron chi connectivity index (χ0n) is 11.9. The Labute approximate surface area is 143 Å². The van der Waals surface area contributed by atoms with Crippen LogP contribution >= 0.6 is 39.1 Å². The number of aliphatic hydroxyl groups excluding tert-OH is 1. The van der Waals surface area contributed by atoms with E-state index in [9.17, 15) is 5.11 Å². The van der Waals surface area contributed by atoms with Gasteiger partial charge in [0, 0.05) is 18.5 Å². The Morgan fingerprint density at radius 3 is 2.67 bits per heavy atom. The van der Waals surface area contributed by atoms with Crippen molar-refractivity contribution in [1.82, 2.24) is 9.78 Å². The van der Waals surface area contributed by atoms with Crippen LogP contribution in [0.1, 0.15) is 36.9 Å². The number of benzene rings is 1. The molecule has 0 aliphatic rings. The fraction of sp³-hybridized carbons (Fsp3) is 0.400. The van der Waals surface area contributed by atoms with Gasteiger partial charge in [0.2, 0.25) is 0 Å². The van der Waals surface area contributed by atoms with Gasteiger partial charge in [-0.15, -0.1) is 0 Å². The first-order chi connectivity index (χ1) is 9.99. The fourth-order valence-electron chi connectivity index (χ4n) is 2.28. The third-order valence-corrected chi connectivity index (χ3v) is 5.17. The summed E-state index contributed by atoms with van der Waals surface area (Å²) in [7, 11) is 0. The number of aliphatic hydroxyl groups is 1. The molecule has 21 heavy (non-hydrogen) atoms. The molecule has 1 heterocycles. The van der Waals surface area contributed by atoms with E-state index in [0.717, 1.165) is 28.8 Å². The molecule has 6 heteroatoms. The second-order valence-electron chi connectivity index (χ2n) is 4.74. The minimum atomic E-state index is -0.723. The lowest BCUT2D eigenvalue weighted by Gasteiger charge is -2.14. The van der Waals surface area contributed by atoms with E-state index in [1.54, 1.807) is 18.2 Å². The van der Waals surface area contributed by atoms with Gasteiger partial charge >= 0.3 is 0 Å². The van der Waals surface area contributed by atoms with Gasteiger partial charge in [-0.3, -0.25) is 4.68 Å². The first kappa shape index (κ1) is 16.8. The predicted molar refractivity (Wildman–Crippen MR) is 90.1 cm³/mol. The summed E-state index contributed by atoms with van der Waals surface area (Å²) in [5.41, 5.74) is 2.60. The normalized spacial score (nSPS) is 12.7. The first-order valence-electron chi connectivity index (χ1n) is 6.85. The maximum absolute atomic E-state index is 10.5. The van der Waals surface area contributed by atoms with Crippen molar-refractivity contribution in [1.29, 1.82) is 0 Å². The van der Waals surface area contributed by atoms with Gasteiger partial charge in [-0.1, -0.05) is 42.3 Å². The van der Waals surface area contributed by atoms with Crippen molar-refractivity contribution in [3.05, 3.63) is 49.7 Å². The van der Waals surface area contributed by atoms with Crippen molar-refractivity contribution in [2.24, 2.45) is 0 Å². The molecule has 0 aliphatic heterocycles. The molecule has 2 rings (SSSR count). The largest absolute Gasteiger partial charge is 0.388 e. The average Bonchev–Trinajstić information content (AvgIpc) is 2.78. The zero-order valence-corrected chi connectivity index (χ0v) is 15.0. The summed E-state index contributed by atoms with van der Waals surface area (Å²) in [6, 6.07) is 5.29. The molecule has 0 spiro atoms. The second-order valence-corrected chi connectivity index (χ2v) is 6.32. The maximum atomic E-state index is 10.5. The third kappa shape index (κ3) is 3.45. The number of hydrogen-bond donors (Lipinski definition) is 1. The third-order valence-electron chi connectivity index (χ3n) is 3.42. The minimum absolute atomic E-state index is 0.404. The van der Waals surface area contributed by atoms with Gasteiger partial charge in [0.15, 0.2) is 0 Å². The summed E-state index contributed by atoms with van der Waals surface area (Å²) in [5, 5.41) is 15.9. The van der Waals surface area contributed by atoms with Crippen LogP contribution in [0.3, 0.4) is 0 Å². The number of aryl methyl sites for hydroxylation is 2. The van der Waals surface area contributed by atoms with Gasteiger partial charge in [-0.25, -0.2) is 0 Å². The van der Waals surface area contributed by atoms with Crippen LogP contribution in [0.4, 0.5) is 0 Å². The average molecular weight is 392 g/mol. The van der Waals surface area contributed by atoms with Crippen LogP contribution < -0.4 is 0 Å². The highest BCUT2D eigenvalue weighted by Crippen LogP contribution is 2.33. The molecule has 0 saturated heterocycles. The number of rotatable bonds is 5. The van der Waals surface area contributed by atoms with Gasteiger partial charge in [-0.05, 0) is 35.3 Å². The van der Waals surface area contributed by atoms with Crippen LogP contribution in [0.15, 0.2) is 22.7 Å². The van der Waals surface area contributed by atoms with E-state index in [-0.39, 0.29) is 0 Å². The Hall–Kier alpha value is -0.550. The zero-order chi connectivity index (χ0) is 15.6. The first-order valence-corrected chi connectivity index (χ1v) is 8.40. The second kappa shape index (κ2) is 7.14. The van der Waals surface area contributed by atoms with E-state index in [2.05, 4.69) is 28.0 Å². The van der Waals surface area contributed by atoms with E-state index >= 15 is 0 Å². The van der Waals surface area contributed by atoms with Crippen LogP contribution in [0.5, 0.6) is 0 Å². The molecule has 1 aromatic heterocycles. The number of hydrogen-bond acceptors (Lipinski definition) is 2. The molecule has 1 atom stereocenters. The molecule has 0 fully saturated rings. The molecule has 1 N–H and O–H groups in total. The summed E-state index contributed by atoms with van der Waals surface area (Å²) in [6.07, 6.45) is 0.551. The summed E-state index contributed by atoms with van der Waals surface area (Å²) in [5.74, 6) is 0. The van der Waals surface area contributed by atoms with E-state index in [1.165, 1.54) is 0 Å². The molecule has 1 unspecified atom stereocenters. The molecule has 114 valence electrons. The van der Waals surface area contributed by atoms with Crippen LogP contribution in [0.25, 0.3) is 0 Å². The number of halogens is 3. The Morgan fingerprint density at radius 2 is 2.05 bits per heavy atom. The van der Waals surface area contributed by atoms with Gasteiger partial charge in [0.25, 0.3) is 0 Å².